The Balaban J connectivity index is 1.45. The minimum Gasteiger partial charge on any atom is -0.283 e. The molecule has 0 spiro atoms. The van der Waals surface area contributed by atoms with Gasteiger partial charge in [0.2, 0.25) is 5.91 Å². The van der Waals surface area contributed by atoms with Crippen LogP contribution in [-0.2, 0) is 25.8 Å². The maximum Gasteiger partial charge on any atom is 0.276 e. The Morgan fingerprint density at radius 3 is 2.59 bits per heavy atom. The van der Waals surface area contributed by atoms with Crippen LogP contribution in [0, 0.1) is 0 Å². The van der Waals surface area contributed by atoms with E-state index in [-0.39, 0.29) is 41.9 Å². The van der Waals surface area contributed by atoms with Crippen molar-refractivity contribution in [3.63, 3.8) is 0 Å². The zero-order valence-corrected chi connectivity index (χ0v) is 20.1. The second-order valence-corrected chi connectivity index (χ2v) is 11.7. The van der Waals surface area contributed by atoms with E-state index in [0.717, 1.165) is 15.8 Å². The molecule has 2 amide bonds. The smallest absolute Gasteiger partial charge is 0.276 e. The minimum atomic E-state index is -3.19. The summed E-state index contributed by atoms with van der Waals surface area (Å²) in [5, 5.41) is 6.20. The number of rotatable bonds is 6. The minimum absolute atomic E-state index is 0.0369. The number of para-hydroxylation sites is 1. The van der Waals surface area contributed by atoms with Crippen molar-refractivity contribution in [2.24, 2.45) is 5.10 Å². The zero-order valence-electron chi connectivity index (χ0n) is 18.5. The van der Waals surface area contributed by atoms with Crippen LogP contribution in [0.3, 0.4) is 0 Å². The maximum absolute atomic E-state index is 13.7. The van der Waals surface area contributed by atoms with Crippen LogP contribution in [0.1, 0.15) is 24.8 Å². The lowest BCUT2D eigenvalue weighted by Gasteiger charge is -2.29. The van der Waals surface area contributed by atoms with Crippen LogP contribution < -0.4 is 4.90 Å². The highest BCUT2D eigenvalue weighted by Crippen LogP contribution is 2.30. The molecule has 8 nitrogen and oxygen atoms in total. The number of thiazole rings is 1. The van der Waals surface area contributed by atoms with Crippen molar-refractivity contribution in [3.8, 4) is 0 Å². The van der Waals surface area contributed by atoms with Gasteiger partial charge in [-0.3, -0.25) is 14.5 Å². The highest BCUT2D eigenvalue weighted by atomic mass is 32.2. The van der Waals surface area contributed by atoms with Gasteiger partial charge in [-0.1, -0.05) is 53.8 Å². The molecule has 34 heavy (non-hydrogen) atoms. The number of sulfone groups is 1. The number of hydrogen-bond acceptors (Lipinski definition) is 7. The molecule has 0 N–H and O–H groups in total. The number of anilines is 1. The van der Waals surface area contributed by atoms with E-state index in [9.17, 15) is 18.0 Å². The van der Waals surface area contributed by atoms with Crippen LogP contribution >= 0.6 is 11.3 Å². The Morgan fingerprint density at radius 2 is 1.85 bits per heavy atom. The summed E-state index contributed by atoms with van der Waals surface area (Å²) in [6, 6.07) is 17.1. The summed E-state index contributed by atoms with van der Waals surface area (Å²) in [6.45, 7) is 0.410. The summed E-state index contributed by atoms with van der Waals surface area (Å²) in [6.07, 6.45) is 1.34. The van der Waals surface area contributed by atoms with Crippen LogP contribution in [0.5, 0.6) is 0 Å². The van der Waals surface area contributed by atoms with Gasteiger partial charge >= 0.3 is 0 Å². The normalized spacial score (nSPS) is 19.9. The van der Waals surface area contributed by atoms with Crippen LogP contribution in [0.4, 0.5) is 5.13 Å². The van der Waals surface area contributed by atoms with E-state index in [1.165, 1.54) is 16.3 Å². The molecule has 2 aliphatic rings. The third kappa shape index (κ3) is 4.74. The lowest BCUT2D eigenvalue weighted by Crippen LogP contribution is -2.45. The van der Waals surface area contributed by atoms with Gasteiger partial charge < -0.3 is 0 Å². The molecule has 1 saturated heterocycles. The van der Waals surface area contributed by atoms with Crippen molar-refractivity contribution < 1.29 is 18.0 Å². The summed E-state index contributed by atoms with van der Waals surface area (Å²) in [7, 11) is -3.19. The summed E-state index contributed by atoms with van der Waals surface area (Å²) < 4.78 is 24.9. The van der Waals surface area contributed by atoms with E-state index in [2.05, 4.69) is 10.1 Å². The number of hydrogen-bond donors (Lipinski definition) is 0. The number of carbonyl (C=O) groups is 2. The predicted octanol–water partition coefficient (Wildman–Crippen LogP) is 3.04. The topological polar surface area (TPSA) is 100 Å². The fraction of sp³-hybridized carbons (Fsp3) is 0.333. The zero-order chi connectivity index (χ0) is 23.7. The monoisotopic (exact) mass is 496 g/mol. The number of benzene rings is 2. The predicted molar refractivity (Wildman–Crippen MR) is 133 cm³/mol. The first-order chi connectivity index (χ1) is 16.4. The Bertz CT molecular complexity index is 1330. The lowest BCUT2D eigenvalue weighted by molar-refractivity contribution is -0.133. The van der Waals surface area contributed by atoms with Gasteiger partial charge in [-0.05, 0) is 30.5 Å². The molecule has 2 aromatic carbocycles. The van der Waals surface area contributed by atoms with E-state index in [4.69, 9.17) is 0 Å². The first-order valence-electron chi connectivity index (χ1n) is 11.2. The molecule has 0 unspecified atom stereocenters. The highest BCUT2D eigenvalue weighted by molar-refractivity contribution is 7.91. The average molecular weight is 497 g/mol. The van der Waals surface area contributed by atoms with Crippen LogP contribution in [0.15, 0.2) is 59.7 Å². The van der Waals surface area contributed by atoms with Gasteiger partial charge in [0.05, 0.1) is 27.8 Å². The van der Waals surface area contributed by atoms with E-state index in [0.29, 0.717) is 24.5 Å². The van der Waals surface area contributed by atoms with Crippen LogP contribution in [-0.4, -0.2) is 60.0 Å². The second kappa shape index (κ2) is 9.27. The molecule has 1 aromatic heterocycles. The second-order valence-electron chi connectivity index (χ2n) is 8.50. The standard InChI is InChI=1S/C24H24N4O4S2/c29-22-11-10-20(26-28(22)18-13-15-34(31,32)16-18)23(30)27(14-12-17-6-2-1-3-7-17)24-25-19-8-4-5-9-21(19)33-24/h1-9,18H,10-16H2/t18-/m0/s1. The molecular weight excluding hydrogens is 472 g/mol. The quantitative estimate of drug-likeness (QED) is 0.522. The van der Waals surface area contributed by atoms with Crippen molar-refractivity contribution in [1.29, 1.82) is 0 Å². The fourth-order valence-electron chi connectivity index (χ4n) is 4.28. The molecule has 1 fully saturated rings. The molecule has 0 bridgehead atoms. The average Bonchev–Trinajstić information content (AvgIpc) is 3.42. The van der Waals surface area contributed by atoms with Crippen LogP contribution in [0.25, 0.3) is 10.2 Å². The third-order valence-corrected chi connectivity index (χ3v) is 8.90. The Hall–Kier alpha value is -3.11. The summed E-state index contributed by atoms with van der Waals surface area (Å²) in [4.78, 5) is 32.5. The molecule has 10 heteroatoms. The SMILES string of the molecule is O=C(C1=NN([C@H]2CCS(=O)(=O)C2)C(=O)CC1)N(CCc1ccccc1)c1nc2ccccc2s1. The number of aromatic nitrogens is 1. The summed E-state index contributed by atoms with van der Waals surface area (Å²) in [5.74, 6) is -0.614. The van der Waals surface area contributed by atoms with Gasteiger partial charge in [-0.25, -0.2) is 18.4 Å². The Kier molecular flexibility index (Phi) is 6.18. The van der Waals surface area contributed by atoms with Gasteiger partial charge in [-0.15, -0.1) is 0 Å². The number of nitrogens with zero attached hydrogens (tertiary/aromatic N) is 4. The maximum atomic E-state index is 13.7. The van der Waals surface area contributed by atoms with Crippen molar-refractivity contribution >= 4 is 54.0 Å². The molecule has 0 radical (unpaired) electrons. The first-order valence-corrected chi connectivity index (χ1v) is 13.8. The Morgan fingerprint density at radius 1 is 1.09 bits per heavy atom. The molecule has 3 aromatic rings. The molecule has 3 heterocycles. The van der Waals surface area contributed by atoms with Crippen molar-refractivity contribution in [2.75, 3.05) is 23.0 Å². The molecule has 176 valence electrons. The van der Waals surface area contributed by atoms with Gasteiger partial charge in [0.1, 0.15) is 5.71 Å². The lowest BCUT2D eigenvalue weighted by atomic mass is 10.1. The number of fused-ring (bicyclic) bond motifs is 1. The summed E-state index contributed by atoms with van der Waals surface area (Å²) in [5.41, 5.74) is 2.18. The van der Waals surface area contributed by atoms with Crippen molar-refractivity contribution in [2.45, 2.75) is 31.7 Å². The van der Waals surface area contributed by atoms with E-state index in [1.54, 1.807) is 4.90 Å². The molecule has 0 aliphatic carbocycles. The Labute approximate surface area is 201 Å². The first kappa shape index (κ1) is 22.7. The van der Waals surface area contributed by atoms with Gasteiger partial charge in [-0.2, -0.15) is 5.10 Å². The van der Waals surface area contributed by atoms with Gasteiger partial charge in [0.25, 0.3) is 5.91 Å². The van der Waals surface area contributed by atoms with Gasteiger partial charge in [0.15, 0.2) is 15.0 Å². The van der Waals surface area contributed by atoms with E-state index < -0.39 is 15.9 Å². The molecule has 0 saturated carbocycles. The largest absolute Gasteiger partial charge is 0.283 e. The summed E-state index contributed by atoms with van der Waals surface area (Å²) >= 11 is 1.44. The van der Waals surface area contributed by atoms with Crippen LogP contribution in [0.2, 0.25) is 0 Å². The number of carbonyl (C=O) groups excluding carboxylic acids is 2. The van der Waals surface area contributed by atoms with E-state index in [1.807, 2.05) is 54.6 Å². The van der Waals surface area contributed by atoms with Crippen molar-refractivity contribution in [1.82, 2.24) is 9.99 Å². The molecular formula is C24H24N4O4S2. The van der Waals surface area contributed by atoms with Gasteiger partial charge in [0, 0.05) is 19.4 Å². The fourth-order valence-corrected chi connectivity index (χ4v) is 6.96. The molecule has 2 aliphatic heterocycles. The number of hydrazone groups is 1. The van der Waals surface area contributed by atoms with Crippen molar-refractivity contribution in [3.05, 3.63) is 60.2 Å². The molecule has 1 atom stereocenters. The molecule has 5 rings (SSSR count). The van der Waals surface area contributed by atoms with E-state index >= 15 is 0 Å². The third-order valence-electron chi connectivity index (χ3n) is 6.09. The highest BCUT2D eigenvalue weighted by Gasteiger charge is 2.38. The number of amides is 2.